The number of H-pyrrole nitrogens is 1. The average molecular weight is 430 g/mol. The van der Waals surface area contributed by atoms with E-state index in [0.29, 0.717) is 10.4 Å². The molecule has 6 nitrogen and oxygen atoms in total. The molecular weight excluding hydrogens is 415 g/mol. The molecule has 0 saturated heterocycles. The molecule has 9 heteroatoms. The summed E-state index contributed by atoms with van der Waals surface area (Å²) in [5.41, 5.74) is 3.07. The number of para-hydroxylation sites is 1. The highest BCUT2D eigenvalue weighted by atomic mass is 32.3. The fourth-order valence-corrected chi connectivity index (χ4v) is 5.24. The maximum absolute atomic E-state index is 13.4. The van der Waals surface area contributed by atoms with Gasteiger partial charge in [0, 0.05) is 26.3 Å². The number of nitrogens with zero attached hydrogens (tertiary/aromatic N) is 1. The fourth-order valence-electron chi connectivity index (χ4n) is 3.48. The first-order valence-corrected chi connectivity index (χ1v) is 10.9. The van der Waals surface area contributed by atoms with Gasteiger partial charge in [-0.15, -0.1) is 11.3 Å². The maximum atomic E-state index is 13.4. The number of fused-ring (bicyclic) bond motifs is 1. The molecule has 0 radical (unpaired) electrons. The molecule has 0 bridgehead atoms. The Hall–Kier alpha value is -3.04. The highest BCUT2D eigenvalue weighted by Crippen LogP contribution is 2.41. The second-order valence-corrected chi connectivity index (χ2v) is 9.18. The summed E-state index contributed by atoms with van der Waals surface area (Å²) in [5, 5.41) is 12.3. The van der Waals surface area contributed by atoms with Gasteiger partial charge in [-0.3, -0.25) is 10.1 Å². The summed E-state index contributed by atoms with van der Waals surface area (Å²) < 4.78 is 35.6. The summed E-state index contributed by atoms with van der Waals surface area (Å²) in [7, 11) is -4.88. The van der Waals surface area contributed by atoms with Crippen molar-refractivity contribution in [2.75, 3.05) is 6.54 Å². The van der Waals surface area contributed by atoms with Crippen LogP contribution >= 0.6 is 11.3 Å². The molecular formula is C20H15FN2O4S2. The van der Waals surface area contributed by atoms with Gasteiger partial charge in [0.2, 0.25) is 6.54 Å². The van der Waals surface area contributed by atoms with Crippen LogP contribution in [0, 0.1) is 10.1 Å². The molecule has 0 fully saturated rings. The number of hydrogen-bond acceptors (Lipinski definition) is 5. The lowest BCUT2D eigenvalue weighted by atomic mass is 9.92. The molecule has 0 aliphatic heterocycles. The fraction of sp³-hybridized carbons (Fsp3) is 0.100. The Bertz CT molecular complexity index is 1300. The molecule has 0 aliphatic rings. The summed E-state index contributed by atoms with van der Waals surface area (Å²) in [6.07, 6.45) is 0. The van der Waals surface area contributed by atoms with Crippen LogP contribution in [0.2, 0.25) is 0 Å². The minimum atomic E-state index is -4.88. The second-order valence-electron chi connectivity index (χ2n) is 6.49. The smallest absolute Gasteiger partial charge is 0.341 e. The zero-order chi connectivity index (χ0) is 20.6. The van der Waals surface area contributed by atoms with Gasteiger partial charge in [-0.05, 0) is 23.8 Å². The van der Waals surface area contributed by atoms with Crippen molar-refractivity contribution in [2.24, 2.45) is 0 Å². The summed E-state index contributed by atoms with van der Waals surface area (Å²) in [6, 6.07) is 19.4. The van der Waals surface area contributed by atoms with Crippen LogP contribution in [-0.2, 0) is 10.2 Å². The highest BCUT2D eigenvalue weighted by molar-refractivity contribution is 7.88. The third-order valence-electron chi connectivity index (χ3n) is 4.67. The van der Waals surface area contributed by atoms with E-state index >= 15 is 0 Å². The SMILES string of the molecule is O=[N+]([O-])CC(c1ccc(S(=O)(=O)F)s1)c1c(-c2ccccc2)[nH]c2ccccc12. The minimum Gasteiger partial charge on any atom is -0.354 e. The monoisotopic (exact) mass is 430 g/mol. The largest absolute Gasteiger partial charge is 0.354 e. The lowest BCUT2D eigenvalue weighted by Crippen LogP contribution is -2.13. The van der Waals surface area contributed by atoms with Crippen molar-refractivity contribution < 1.29 is 17.2 Å². The molecule has 4 aromatic rings. The number of benzene rings is 2. The Kier molecular flexibility index (Phi) is 4.93. The van der Waals surface area contributed by atoms with Gasteiger partial charge >= 0.3 is 10.2 Å². The van der Waals surface area contributed by atoms with Gasteiger partial charge in [0.05, 0.1) is 11.6 Å². The number of nitro groups is 1. The van der Waals surface area contributed by atoms with E-state index in [-0.39, 0.29) is 0 Å². The van der Waals surface area contributed by atoms with Crippen molar-refractivity contribution in [1.29, 1.82) is 0 Å². The van der Waals surface area contributed by atoms with E-state index in [1.807, 2.05) is 54.6 Å². The molecule has 1 atom stereocenters. The predicted molar refractivity (Wildman–Crippen MR) is 110 cm³/mol. The maximum Gasteiger partial charge on any atom is 0.341 e. The van der Waals surface area contributed by atoms with E-state index in [4.69, 9.17) is 0 Å². The van der Waals surface area contributed by atoms with Gasteiger partial charge in [-0.25, -0.2) is 0 Å². The van der Waals surface area contributed by atoms with Crippen molar-refractivity contribution in [3.8, 4) is 11.3 Å². The van der Waals surface area contributed by atoms with E-state index < -0.39 is 31.8 Å². The summed E-state index contributed by atoms with van der Waals surface area (Å²) in [5.74, 6) is -0.739. The van der Waals surface area contributed by atoms with Gasteiger partial charge in [-0.2, -0.15) is 8.42 Å². The van der Waals surface area contributed by atoms with Gasteiger partial charge in [-0.1, -0.05) is 52.4 Å². The van der Waals surface area contributed by atoms with Crippen molar-refractivity contribution in [2.45, 2.75) is 10.1 Å². The molecule has 2 heterocycles. The molecule has 2 aromatic carbocycles. The van der Waals surface area contributed by atoms with E-state index in [1.165, 1.54) is 6.07 Å². The molecule has 0 aliphatic carbocycles. The van der Waals surface area contributed by atoms with Crippen LogP contribution in [0.4, 0.5) is 3.89 Å². The Labute approximate surface area is 170 Å². The second kappa shape index (κ2) is 7.41. The van der Waals surface area contributed by atoms with Crippen LogP contribution in [0.1, 0.15) is 16.4 Å². The molecule has 148 valence electrons. The van der Waals surface area contributed by atoms with E-state index in [1.54, 1.807) is 0 Å². The number of hydrogen-bond donors (Lipinski definition) is 1. The van der Waals surface area contributed by atoms with Crippen molar-refractivity contribution in [1.82, 2.24) is 4.98 Å². The Morgan fingerprint density at radius 3 is 2.38 bits per heavy atom. The van der Waals surface area contributed by atoms with Gasteiger partial charge in [0.15, 0.2) is 4.21 Å². The average Bonchev–Trinajstić information content (AvgIpc) is 3.32. The first kappa shape index (κ1) is 19.3. The zero-order valence-electron chi connectivity index (χ0n) is 14.9. The standard InChI is InChI=1S/C20H15FN2O4S2/c21-29(26,27)18-11-10-17(28-18)15(12-23(24)25)19-14-8-4-5-9-16(14)22-20(19)13-6-2-1-3-7-13/h1-11,15,22H,12H2. The van der Waals surface area contributed by atoms with Gasteiger partial charge in [0.25, 0.3) is 0 Å². The highest BCUT2D eigenvalue weighted by Gasteiger charge is 2.30. The summed E-state index contributed by atoms with van der Waals surface area (Å²) in [6.45, 7) is -0.450. The van der Waals surface area contributed by atoms with E-state index in [0.717, 1.165) is 39.6 Å². The van der Waals surface area contributed by atoms with Gasteiger partial charge < -0.3 is 4.98 Å². The topological polar surface area (TPSA) is 93.1 Å². The lowest BCUT2D eigenvalue weighted by molar-refractivity contribution is -0.481. The Morgan fingerprint density at radius 1 is 1.03 bits per heavy atom. The molecule has 2 aromatic heterocycles. The van der Waals surface area contributed by atoms with Crippen LogP contribution in [0.3, 0.4) is 0 Å². The number of thiophene rings is 1. The number of aromatic nitrogens is 1. The first-order chi connectivity index (χ1) is 13.8. The molecule has 0 spiro atoms. The number of aromatic amines is 1. The Morgan fingerprint density at radius 2 is 1.72 bits per heavy atom. The van der Waals surface area contributed by atoms with Crippen molar-refractivity contribution in [3.63, 3.8) is 0 Å². The molecule has 29 heavy (non-hydrogen) atoms. The number of halogens is 1. The van der Waals surface area contributed by atoms with Crippen LogP contribution in [0.25, 0.3) is 22.2 Å². The van der Waals surface area contributed by atoms with E-state index in [2.05, 4.69) is 4.98 Å². The third kappa shape index (κ3) is 3.79. The van der Waals surface area contributed by atoms with Crippen LogP contribution in [0.5, 0.6) is 0 Å². The van der Waals surface area contributed by atoms with Crippen LogP contribution in [0.15, 0.2) is 70.9 Å². The zero-order valence-corrected chi connectivity index (χ0v) is 16.5. The quantitative estimate of drug-likeness (QED) is 0.266. The van der Waals surface area contributed by atoms with Crippen LogP contribution < -0.4 is 0 Å². The molecule has 1 N–H and O–H groups in total. The minimum absolute atomic E-state index is 0.417. The summed E-state index contributed by atoms with van der Waals surface area (Å²) >= 11 is 0.719. The number of rotatable bonds is 6. The summed E-state index contributed by atoms with van der Waals surface area (Å²) in [4.78, 5) is 14.8. The normalized spacial score (nSPS) is 12.9. The van der Waals surface area contributed by atoms with Gasteiger partial charge in [0.1, 0.15) is 0 Å². The predicted octanol–water partition coefficient (Wildman–Crippen LogP) is 4.96. The molecule has 0 amide bonds. The number of nitrogens with one attached hydrogen (secondary N) is 1. The van der Waals surface area contributed by atoms with E-state index in [9.17, 15) is 22.4 Å². The molecule has 0 saturated carbocycles. The lowest BCUT2D eigenvalue weighted by Gasteiger charge is -2.14. The van der Waals surface area contributed by atoms with Crippen molar-refractivity contribution in [3.05, 3.63) is 87.3 Å². The van der Waals surface area contributed by atoms with Crippen molar-refractivity contribution >= 4 is 32.5 Å². The van der Waals surface area contributed by atoms with Crippen LogP contribution in [-0.4, -0.2) is 24.9 Å². The molecule has 1 unspecified atom stereocenters. The first-order valence-electron chi connectivity index (χ1n) is 8.67. The molecule has 4 rings (SSSR count). The third-order valence-corrected chi connectivity index (χ3v) is 7.13. The Balaban J connectivity index is 1.97.